The van der Waals surface area contributed by atoms with E-state index in [0.29, 0.717) is 11.3 Å². The fourth-order valence-electron chi connectivity index (χ4n) is 2.73. The number of carbonyl (C=O) groups is 1. The molecule has 0 aliphatic rings. The van der Waals surface area contributed by atoms with Crippen molar-refractivity contribution in [3.05, 3.63) is 48.2 Å². The molecule has 0 spiro atoms. The molecule has 4 nitrogen and oxygen atoms in total. The van der Waals surface area contributed by atoms with Gasteiger partial charge in [-0.25, -0.2) is 0 Å². The van der Waals surface area contributed by atoms with Crippen LogP contribution in [0.3, 0.4) is 0 Å². The van der Waals surface area contributed by atoms with Gasteiger partial charge in [0.1, 0.15) is 0 Å². The number of benzene rings is 2. The zero-order valence-electron chi connectivity index (χ0n) is 14.6. The van der Waals surface area contributed by atoms with Crippen molar-refractivity contribution in [1.29, 1.82) is 5.26 Å². The quantitative estimate of drug-likeness (QED) is 0.437. The number of rotatable bonds is 6. The average Bonchev–Trinajstić information content (AvgIpc) is 3.16. The first-order valence-electron chi connectivity index (χ1n) is 8.26. The van der Waals surface area contributed by atoms with Crippen molar-refractivity contribution < 1.29 is 9.53 Å². The summed E-state index contributed by atoms with van der Waals surface area (Å²) in [6.07, 6.45) is 2.61. The highest BCUT2D eigenvalue weighted by Gasteiger charge is 2.19. The third-order valence-electron chi connectivity index (χ3n) is 4.26. The number of aromatic nitrogens is 1. The van der Waals surface area contributed by atoms with Crippen LogP contribution in [0.25, 0.3) is 21.2 Å². The van der Waals surface area contributed by atoms with E-state index >= 15 is 0 Å². The molecule has 0 saturated heterocycles. The second-order valence-electron chi connectivity index (χ2n) is 5.81. The normalized spacial score (nSPS) is 11.9. The second-order valence-corrected chi connectivity index (χ2v) is 7.67. The van der Waals surface area contributed by atoms with Gasteiger partial charge in [0.2, 0.25) is 0 Å². The van der Waals surface area contributed by atoms with Gasteiger partial charge in [-0.1, -0.05) is 25.1 Å². The number of methoxy groups -OCH3 is 1. The number of ether oxygens (including phenoxy) is 1. The summed E-state index contributed by atoms with van der Waals surface area (Å²) in [4.78, 5) is 13.0. The molecule has 0 radical (unpaired) electrons. The first-order chi connectivity index (χ1) is 12.7. The molecule has 0 saturated carbocycles. The minimum atomic E-state index is -0.168. The molecule has 0 aliphatic carbocycles. The molecule has 132 valence electrons. The van der Waals surface area contributed by atoms with Gasteiger partial charge in [-0.2, -0.15) is 9.64 Å². The lowest BCUT2D eigenvalue weighted by atomic mass is 10.0. The van der Waals surface area contributed by atoms with Crippen LogP contribution in [0.1, 0.15) is 18.9 Å². The Morgan fingerprint density at radius 3 is 2.73 bits per heavy atom. The molecule has 0 fully saturated rings. The van der Waals surface area contributed by atoms with Crippen molar-refractivity contribution in [2.45, 2.75) is 18.2 Å². The van der Waals surface area contributed by atoms with Crippen LogP contribution in [0.5, 0.6) is 0 Å². The van der Waals surface area contributed by atoms with Crippen molar-refractivity contribution in [1.82, 2.24) is 4.37 Å². The Balaban J connectivity index is 1.99. The summed E-state index contributed by atoms with van der Waals surface area (Å²) >= 11 is 3.12. The number of fused-ring (bicyclic) bond motifs is 1. The fraction of sp³-hybridized carbons (Fsp3) is 0.250. The van der Waals surface area contributed by atoms with E-state index in [2.05, 4.69) is 22.6 Å². The number of esters is 1. The molecular weight excluding hydrogens is 364 g/mol. The molecule has 26 heavy (non-hydrogen) atoms. The molecule has 0 bridgehead atoms. The predicted octanol–water partition coefficient (Wildman–Crippen LogP) is 5.13. The van der Waals surface area contributed by atoms with Crippen molar-refractivity contribution in [2.24, 2.45) is 5.92 Å². The molecule has 1 unspecified atom stereocenters. The summed E-state index contributed by atoms with van der Waals surface area (Å²) in [5.74, 6) is 0.367. The van der Waals surface area contributed by atoms with Crippen molar-refractivity contribution in [2.75, 3.05) is 12.9 Å². The van der Waals surface area contributed by atoms with Crippen LogP contribution in [0.15, 0.2) is 47.5 Å². The Labute approximate surface area is 161 Å². The lowest BCUT2D eigenvalue weighted by Crippen LogP contribution is -2.17. The molecule has 0 aliphatic heterocycles. The Bertz CT molecular complexity index is 958. The van der Waals surface area contributed by atoms with E-state index in [-0.39, 0.29) is 11.9 Å². The van der Waals surface area contributed by atoms with Crippen LogP contribution in [0.2, 0.25) is 0 Å². The Morgan fingerprint density at radius 2 is 2.08 bits per heavy atom. The van der Waals surface area contributed by atoms with Crippen molar-refractivity contribution in [3.63, 3.8) is 0 Å². The number of hydrogen-bond acceptors (Lipinski definition) is 6. The smallest absolute Gasteiger partial charge is 0.309 e. The maximum Gasteiger partial charge on any atom is 0.309 e. The zero-order valence-corrected chi connectivity index (χ0v) is 16.2. The number of thioether (sulfide) groups is 1. The van der Waals surface area contributed by atoms with Gasteiger partial charge >= 0.3 is 5.97 Å². The largest absolute Gasteiger partial charge is 0.469 e. The van der Waals surface area contributed by atoms with Crippen LogP contribution in [0, 0.1) is 17.2 Å². The Kier molecular flexibility index (Phi) is 5.92. The molecular formula is C20H18N2O2S2. The van der Waals surface area contributed by atoms with E-state index in [1.165, 1.54) is 18.6 Å². The number of hydrogen-bond donors (Lipinski definition) is 0. The minimum Gasteiger partial charge on any atom is -0.469 e. The second kappa shape index (κ2) is 8.35. The van der Waals surface area contributed by atoms with E-state index in [1.807, 2.05) is 37.4 Å². The summed E-state index contributed by atoms with van der Waals surface area (Å²) < 4.78 is 10.3. The van der Waals surface area contributed by atoms with Crippen LogP contribution in [0.4, 0.5) is 0 Å². The summed E-state index contributed by atoms with van der Waals surface area (Å²) in [5.41, 5.74) is 2.79. The summed E-state index contributed by atoms with van der Waals surface area (Å²) in [5, 5.41) is 10.1. The topological polar surface area (TPSA) is 63.0 Å². The van der Waals surface area contributed by atoms with E-state index in [4.69, 9.17) is 10.00 Å². The van der Waals surface area contributed by atoms with E-state index in [9.17, 15) is 4.79 Å². The molecule has 3 rings (SSSR count). The third kappa shape index (κ3) is 3.74. The van der Waals surface area contributed by atoms with Crippen LogP contribution < -0.4 is 0 Å². The number of nitrogens with zero attached hydrogens (tertiary/aromatic N) is 2. The van der Waals surface area contributed by atoms with Gasteiger partial charge in [-0.3, -0.25) is 4.79 Å². The van der Waals surface area contributed by atoms with Gasteiger partial charge < -0.3 is 4.74 Å². The molecule has 6 heteroatoms. The highest BCUT2D eigenvalue weighted by atomic mass is 32.2. The first kappa shape index (κ1) is 18.4. The van der Waals surface area contributed by atoms with Crippen LogP contribution in [-0.2, 0) is 9.53 Å². The predicted molar refractivity (Wildman–Crippen MR) is 106 cm³/mol. The van der Waals surface area contributed by atoms with Gasteiger partial charge in [-0.15, -0.1) is 11.8 Å². The molecule has 0 amide bonds. The highest BCUT2D eigenvalue weighted by Crippen LogP contribution is 2.40. The van der Waals surface area contributed by atoms with Gasteiger partial charge in [-0.05, 0) is 41.7 Å². The Morgan fingerprint density at radius 1 is 1.31 bits per heavy atom. The summed E-state index contributed by atoms with van der Waals surface area (Å²) in [7, 11) is 1.43. The average molecular weight is 383 g/mol. The van der Waals surface area contributed by atoms with E-state index < -0.39 is 0 Å². The fourth-order valence-corrected chi connectivity index (χ4v) is 4.89. The van der Waals surface area contributed by atoms with E-state index in [1.54, 1.807) is 11.8 Å². The van der Waals surface area contributed by atoms with Crippen molar-refractivity contribution >= 4 is 39.3 Å². The maximum atomic E-state index is 11.9. The SMILES string of the molecule is CCC(CSc1ccc2cnsc2c1-c1ccc(C#N)cc1)C(=O)OC. The van der Waals surface area contributed by atoms with Gasteiger partial charge in [0.25, 0.3) is 0 Å². The Hall–Kier alpha value is -2.36. The summed E-state index contributed by atoms with van der Waals surface area (Å²) in [6, 6.07) is 13.9. The minimum absolute atomic E-state index is 0.129. The summed E-state index contributed by atoms with van der Waals surface area (Å²) in [6.45, 7) is 2.00. The molecule has 2 aromatic carbocycles. The maximum absolute atomic E-state index is 11.9. The van der Waals surface area contributed by atoms with Gasteiger partial charge in [0.15, 0.2) is 0 Å². The molecule has 1 aromatic heterocycles. The first-order valence-corrected chi connectivity index (χ1v) is 10.0. The lowest BCUT2D eigenvalue weighted by molar-refractivity contribution is -0.144. The molecule has 1 heterocycles. The highest BCUT2D eigenvalue weighted by molar-refractivity contribution is 7.99. The molecule has 1 atom stereocenters. The van der Waals surface area contributed by atoms with Crippen LogP contribution >= 0.6 is 23.3 Å². The zero-order chi connectivity index (χ0) is 18.5. The monoisotopic (exact) mass is 382 g/mol. The molecule has 0 N–H and O–H groups in total. The van der Waals surface area contributed by atoms with Gasteiger partial charge in [0.05, 0.1) is 29.4 Å². The van der Waals surface area contributed by atoms with Crippen LogP contribution in [-0.4, -0.2) is 23.2 Å². The molecule has 3 aromatic rings. The number of carbonyl (C=O) groups excluding carboxylic acids is 1. The lowest BCUT2D eigenvalue weighted by Gasteiger charge is -2.15. The number of nitriles is 1. The standard InChI is InChI=1S/C20H18N2O2S2/c1-3-14(20(23)24-2)12-25-17-9-8-16-11-22-26-19(16)18(17)15-6-4-13(10-21)5-7-15/h4-9,11,14H,3,12H2,1-2H3. The van der Waals surface area contributed by atoms with E-state index in [0.717, 1.165) is 32.5 Å². The van der Waals surface area contributed by atoms with Crippen molar-refractivity contribution in [3.8, 4) is 17.2 Å². The third-order valence-corrected chi connectivity index (χ3v) is 6.31. The van der Waals surface area contributed by atoms with Gasteiger partial charge in [0, 0.05) is 27.8 Å².